The van der Waals surface area contributed by atoms with Gasteiger partial charge in [-0.1, -0.05) is 0 Å². The third-order valence-corrected chi connectivity index (χ3v) is 4.48. The quantitative estimate of drug-likeness (QED) is 0.630. The third-order valence-electron chi connectivity index (χ3n) is 1.63. The number of sulfone groups is 2. The van der Waals surface area contributed by atoms with Gasteiger partial charge in [0.15, 0.2) is 0 Å². The van der Waals surface area contributed by atoms with Gasteiger partial charge < -0.3 is 5.73 Å². The highest BCUT2D eigenvalue weighted by Gasteiger charge is 2.11. The van der Waals surface area contributed by atoms with Crippen LogP contribution >= 0.6 is 0 Å². The summed E-state index contributed by atoms with van der Waals surface area (Å²) in [5.41, 5.74) is 5.17. The summed E-state index contributed by atoms with van der Waals surface area (Å²) in [5, 5.41) is 0. The van der Waals surface area contributed by atoms with Gasteiger partial charge in [-0.2, -0.15) is 0 Å². The molecule has 0 aromatic carbocycles. The molecule has 0 aliphatic rings. The van der Waals surface area contributed by atoms with E-state index < -0.39 is 19.7 Å². The molecule has 0 bridgehead atoms. The Kier molecular flexibility index (Phi) is 5.61. The third kappa shape index (κ3) is 8.46. The molecule has 0 saturated heterocycles. The molecule has 0 radical (unpaired) electrons. The van der Waals surface area contributed by atoms with Crippen LogP contribution in [0.2, 0.25) is 0 Å². The van der Waals surface area contributed by atoms with Crippen molar-refractivity contribution in [1.29, 1.82) is 0 Å². The molecule has 0 unspecified atom stereocenters. The molecule has 0 aromatic rings. The van der Waals surface area contributed by atoms with Gasteiger partial charge in [0.25, 0.3) is 0 Å². The van der Waals surface area contributed by atoms with Gasteiger partial charge in [-0.15, -0.1) is 0 Å². The van der Waals surface area contributed by atoms with Gasteiger partial charge in [0.2, 0.25) is 0 Å². The maximum atomic E-state index is 11.2. The Morgan fingerprint density at radius 3 is 1.86 bits per heavy atom. The summed E-state index contributed by atoms with van der Waals surface area (Å²) in [5.74, 6) is -0.0951. The number of rotatable bonds is 7. The van der Waals surface area contributed by atoms with Crippen LogP contribution in [0.3, 0.4) is 0 Å². The Morgan fingerprint density at radius 2 is 1.43 bits per heavy atom. The zero-order valence-electron chi connectivity index (χ0n) is 8.27. The number of nitrogens with two attached hydrogens (primary N) is 1. The molecule has 0 rings (SSSR count). The van der Waals surface area contributed by atoms with Gasteiger partial charge in [0.1, 0.15) is 19.7 Å². The summed E-state index contributed by atoms with van der Waals surface area (Å²) in [4.78, 5) is 0. The Balaban J connectivity index is 3.89. The lowest BCUT2D eigenvalue weighted by atomic mass is 10.5. The fourth-order valence-corrected chi connectivity index (χ4v) is 3.19. The standard InChI is InChI=1S/C7H17NO4S2/c1-13(9,10)5-3-7-14(11,12)6-2-4-8/h2-8H2,1H3. The first-order valence-electron chi connectivity index (χ1n) is 4.35. The van der Waals surface area contributed by atoms with Crippen molar-refractivity contribution in [3.63, 3.8) is 0 Å². The zero-order valence-corrected chi connectivity index (χ0v) is 9.90. The average molecular weight is 243 g/mol. The maximum absolute atomic E-state index is 11.2. The first-order valence-corrected chi connectivity index (χ1v) is 8.23. The van der Waals surface area contributed by atoms with Crippen molar-refractivity contribution in [2.45, 2.75) is 12.8 Å². The van der Waals surface area contributed by atoms with Crippen LogP contribution in [0.15, 0.2) is 0 Å². The Labute approximate surface area is 85.5 Å². The van der Waals surface area contributed by atoms with Crippen molar-refractivity contribution >= 4 is 19.7 Å². The lowest BCUT2D eigenvalue weighted by molar-refractivity contribution is 0.590. The molecular weight excluding hydrogens is 226 g/mol. The SMILES string of the molecule is CS(=O)(=O)CCCS(=O)(=O)CCCN. The average Bonchev–Trinajstić information content (AvgIpc) is 1.98. The van der Waals surface area contributed by atoms with E-state index in [9.17, 15) is 16.8 Å². The minimum Gasteiger partial charge on any atom is -0.330 e. The predicted molar refractivity (Wildman–Crippen MR) is 56.7 cm³/mol. The van der Waals surface area contributed by atoms with E-state index in [0.29, 0.717) is 13.0 Å². The van der Waals surface area contributed by atoms with Crippen molar-refractivity contribution in [3.05, 3.63) is 0 Å². The highest BCUT2D eigenvalue weighted by atomic mass is 32.2. The molecule has 0 atom stereocenters. The van der Waals surface area contributed by atoms with Gasteiger partial charge in [-0.05, 0) is 19.4 Å². The molecule has 2 N–H and O–H groups in total. The van der Waals surface area contributed by atoms with Crippen molar-refractivity contribution in [2.24, 2.45) is 5.73 Å². The van der Waals surface area contributed by atoms with Crippen LogP contribution in [0, 0.1) is 0 Å². The van der Waals surface area contributed by atoms with Crippen molar-refractivity contribution in [3.8, 4) is 0 Å². The Morgan fingerprint density at radius 1 is 0.929 bits per heavy atom. The number of hydrogen-bond acceptors (Lipinski definition) is 5. The molecule has 14 heavy (non-hydrogen) atoms. The van der Waals surface area contributed by atoms with Gasteiger partial charge in [-0.3, -0.25) is 0 Å². The molecular formula is C7H17NO4S2. The Bertz CT molecular complexity index is 344. The van der Waals surface area contributed by atoms with Gasteiger partial charge >= 0.3 is 0 Å². The molecule has 0 saturated carbocycles. The first kappa shape index (κ1) is 13.9. The van der Waals surface area contributed by atoms with E-state index in [-0.39, 0.29) is 23.7 Å². The summed E-state index contributed by atoms with van der Waals surface area (Å²) in [6, 6.07) is 0. The smallest absolute Gasteiger partial charge is 0.150 e. The molecule has 0 amide bonds. The summed E-state index contributed by atoms with van der Waals surface area (Å²) in [6.45, 7) is 0.339. The molecule has 7 heteroatoms. The van der Waals surface area contributed by atoms with E-state index in [1.54, 1.807) is 0 Å². The summed E-state index contributed by atoms with van der Waals surface area (Å²) >= 11 is 0. The fraction of sp³-hybridized carbons (Fsp3) is 1.00. The zero-order chi connectivity index (χ0) is 11.2. The van der Waals surface area contributed by atoms with Gasteiger partial charge in [-0.25, -0.2) is 16.8 Å². The maximum Gasteiger partial charge on any atom is 0.150 e. The summed E-state index contributed by atoms with van der Waals surface area (Å²) in [6.07, 6.45) is 1.70. The lowest BCUT2D eigenvalue weighted by Gasteiger charge is -2.02. The lowest BCUT2D eigenvalue weighted by Crippen LogP contribution is -2.16. The van der Waals surface area contributed by atoms with Crippen molar-refractivity contribution in [1.82, 2.24) is 0 Å². The van der Waals surface area contributed by atoms with E-state index in [2.05, 4.69) is 0 Å². The molecule has 0 aliphatic heterocycles. The van der Waals surface area contributed by atoms with Gasteiger partial charge in [0, 0.05) is 6.26 Å². The minimum absolute atomic E-state index is 0.0489. The molecule has 5 nitrogen and oxygen atoms in total. The van der Waals surface area contributed by atoms with Crippen LogP contribution in [0.4, 0.5) is 0 Å². The molecule has 0 aromatic heterocycles. The highest BCUT2D eigenvalue weighted by Crippen LogP contribution is 1.98. The second kappa shape index (κ2) is 5.67. The second-order valence-corrected chi connectivity index (χ2v) is 7.84. The predicted octanol–water partition coefficient (Wildman–Crippen LogP) is -0.815. The van der Waals surface area contributed by atoms with Crippen molar-refractivity contribution < 1.29 is 16.8 Å². The van der Waals surface area contributed by atoms with E-state index in [0.717, 1.165) is 6.26 Å². The van der Waals surface area contributed by atoms with E-state index >= 15 is 0 Å². The summed E-state index contributed by atoms with van der Waals surface area (Å²) < 4.78 is 43.9. The van der Waals surface area contributed by atoms with Crippen LogP contribution in [-0.2, 0) is 19.7 Å². The normalized spacial score (nSPS) is 13.0. The van der Waals surface area contributed by atoms with E-state index in [1.807, 2.05) is 0 Å². The molecule has 0 heterocycles. The number of hydrogen-bond donors (Lipinski definition) is 1. The summed E-state index contributed by atoms with van der Waals surface area (Å²) in [7, 11) is -6.17. The Hall–Kier alpha value is -0.140. The van der Waals surface area contributed by atoms with Crippen LogP contribution in [0.1, 0.15) is 12.8 Å². The van der Waals surface area contributed by atoms with Crippen LogP contribution in [0.5, 0.6) is 0 Å². The molecule has 0 fully saturated rings. The second-order valence-electron chi connectivity index (χ2n) is 3.28. The van der Waals surface area contributed by atoms with Crippen LogP contribution < -0.4 is 5.73 Å². The molecule has 86 valence electrons. The van der Waals surface area contributed by atoms with Crippen molar-refractivity contribution in [2.75, 3.05) is 30.1 Å². The van der Waals surface area contributed by atoms with Crippen LogP contribution in [-0.4, -0.2) is 46.9 Å². The molecule has 0 aliphatic carbocycles. The minimum atomic E-state index is -3.11. The van der Waals surface area contributed by atoms with Gasteiger partial charge in [0.05, 0.1) is 17.3 Å². The van der Waals surface area contributed by atoms with Crippen LogP contribution in [0.25, 0.3) is 0 Å². The topological polar surface area (TPSA) is 94.3 Å². The monoisotopic (exact) mass is 243 g/mol. The fourth-order valence-electron chi connectivity index (χ4n) is 0.946. The first-order chi connectivity index (χ1) is 6.27. The highest BCUT2D eigenvalue weighted by molar-refractivity contribution is 7.92. The van der Waals surface area contributed by atoms with E-state index in [1.165, 1.54) is 0 Å². The molecule has 0 spiro atoms. The largest absolute Gasteiger partial charge is 0.330 e. The van der Waals surface area contributed by atoms with E-state index in [4.69, 9.17) is 5.73 Å².